The molecular weight excluding hydrogens is 878 g/mol. The lowest BCUT2D eigenvalue weighted by Crippen LogP contribution is -2.43. The topological polar surface area (TPSA) is 412 Å². The molecular formula is C30H40N12O16P2S. The largest absolute Gasteiger partial charge is 0.472 e. The minimum absolute atomic E-state index is 0.00967. The molecule has 4 aromatic rings. The molecule has 6 heterocycles. The number of esters is 1. The first-order chi connectivity index (χ1) is 28.9. The predicted octanol–water partition coefficient (Wildman–Crippen LogP) is -0.586. The van der Waals surface area contributed by atoms with Crippen LogP contribution in [0.4, 0.5) is 17.3 Å². The SMILES string of the molecule is Nc1ccn(C2CC(OP(=O)(O)OCC3OC(n4cnc5c(N)ncnc54)C(O)C3OC(=O)[C@H](N)CCCCNSc3ncccc3[N+](=O)[O-])C(COP(=O)(O)O)O2)c(=O)n1. The fraction of sp³-hybridized carbons (Fsp3) is 0.500. The van der Waals surface area contributed by atoms with Crippen LogP contribution in [-0.4, -0.2) is 121 Å². The number of pyridine rings is 1. The van der Waals surface area contributed by atoms with E-state index in [1.165, 1.54) is 41.5 Å². The van der Waals surface area contributed by atoms with E-state index in [0.29, 0.717) is 19.4 Å². The van der Waals surface area contributed by atoms with E-state index in [9.17, 15) is 48.6 Å². The van der Waals surface area contributed by atoms with Crippen molar-refractivity contribution in [1.82, 2.24) is 38.8 Å². The fourth-order valence-electron chi connectivity index (χ4n) is 6.22. The average Bonchev–Trinajstić information content (AvgIpc) is 3.89. The number of carbonyl (C=O) groups excluding carboxylic acids is 1. The van der Waals surface area contributed by atoms with Crippen LogP contribution in [0.15, 0.2) is 53.1 Å². The Morgan fingerprint density at radius 2 is 1.85 bits per heavy atom. The maximum Gasteiger partial charge on any atom is 0.472 e. The van der Waals surface area contributed by atoms with E-state index >= 15 is 0 Å². The van der Waals surface area contributed by atoms with E-state index in [1.54, 1.807) is 0 Å². The molecule has 0 amide bonds. The number of fused-ring (bicyclic) bond motifs is 1. The third-order valence-corrected chi connectivity index (χ3v) is 11.5. The van der Waals surface area contributed by atoms with Crippen LogP contribution in [0.5, 0.6) is 0 Å². The van der Waals surface area contributed by atoms with Crippen LogP contribution < -0.4 is 27.6 Å². The summed E-state index contributed by atoms with van der Waals surface area (Å²) in [6.45, 7) is -1.34. The number of nitrogen functional groups attached to an aromatic ring is 2. The van der Waals surface area contributed by atoms with Crippen molar-refractivity contribution in [2.75, 3.05) is 31.2 Å². The standard InChI is InChI=1S/C30H40N12O16P2S/c31-15(4-1-2-8-38-61-27-16(42(46)47)5-3-7-34-27)29(44)57-24-19(56-28(23(24)43)41-14-37-22-25(33)35-13-36-26(22)41)12-54-60(51,52)58-17-10-21(40-9-6-20(32)39-30(40)45)55-18(17)11-53-59(48,49)50/h3,5-7,9,13-15,17-19,21,23-24,28,38,43H,1-2,4,8,10-12,31H2,(H,51,52)(H2,32,39,45)(H2,33,35,36)(H2,48,49,50)/t15-,17?,18?,19?,21?,23?,24?,28?/m1/s1. The van der Waals surface area contributed by atoms with Gasteiger partial charge < -0.3 is 51.2 Å². The lowest BCUT2D eigenvalue weighted by molar-refractivity contribution is -0.388. The fourth-order valence-corrected chi connectivity index (χ4v) is 8.27. The Hall–Kier alpha value is -4.58. The van der Waals surface area contributed by atoms with E-state index < -0.39 is 94.5 Å². The quantitative estimate of drug-likeness (QED) is 0.0137. The van der Waals surface area contributed by atoms with Crippen LogP contribution in [0.2, 0.25) is 0 Å². The normalized spacial score (nSPS) is 24.4. The molecule has 2 saturated heterocycles. The molecule has 4 aromatic heterocycles. The van der Waals surface area contributed by atoms with Crippen LogP contribution in [-0.2, 0) is 41.7 Å². The number of hydrogen-bond acceptors (Lipinski definition) is 23. The summed E-state index contributed by atoms with van der Waals surface area (Å²) < 4.78 is 62.6. The molecule has 2 fully saturated rings. The van der Waals surface area contributed by atoms with Gasteiger partial charge in [-0.3, -0.25) is 42.3 Å². The van der Waals surface area contributed by atoms with Gasteiger partial charge in [-0.1, -0.05) is 6.42 Å². The lowest BCUT2D eigenvalue weighted by Gasteiger charge is -2.24. The molecule has 0 bridgehead atoms. The van der Waals surface area contributed by atoms with Gasteiger partial charge in [0.15, 0.2) is 28.8 Å². The lowest BCUT2D eigenvalue weighted by atomic mass is 10.1. The number of rotatable bonds is 20. The number of nitrogens with zero attached hydrogens (tertiary/aromatic N) is 8. The van der Waals surface area contributed by atoms with Gasteiger partial charge in [0.25, 0.3) is 0 Å². The Labute approximate surface area is 347 Å². The third-order valence-electron chi connectivity index (χ3n) is 9.11. The van der Waals surface area contributed by atoms with Gasteiger partial charge in [-0.05, 0) is 36.9 Å². The zero-order chi connectivity index (χ0) is 44.1. The van der Waals surface area contributed by atoms with Crippen molar-refractivity contribution in [2.45, 2.75) is 79.7 Å². The summed E-state index contributed by atoms with van der Waals surface area (Å²) in [6.07, 6.45) is -4.58. The number of aliphatic hydroxyl groups excluding tert-OH is 1. The number of aliphatic hydroxyl groups is 1. The van der Waals surface area contributed by atoms with Crippen molar-refractivity contribution in [3.05, 3.63) is 63.8 Å². The second-order valence-electron chi connectivity index (χ2n) is 13.3. The number of imidazole rings is 1. The first-order valence-corrected chi connectivity index (χ1v) is 21.8. The van der Waals surface area contributed by atoms with Crippen LogP contribution in [0.1, 0.15) is 38.1 Å². The Bertz CT molecular complexity index is 2360. The molecule has 2 aliphatic heterocycles. The third kappa shape index (κ3) is 11.7. The number of ether oxygens (including phenoxy) is 3. The summed E-state index contributed by atoms with van der Waals surface area (Å²) in [5.41, 5.74) is 16.9. The van der Waals surface area contributed by atoms with Gasteiger partial charge in [0.05, 0.1) is 24.5 Å². The number of unbranched alkanes of at least 4 members (excludes halogenated alkanes) is 1. The summed E-state index contributed by atoms with van der Waals surface area (Å²) >= 11 is 0.975. The summed E-state index contributed by atoms with van der Waals surface area (Å²) in [6, 6.07) is 2.83. The maximum atomic E-state index is 13.4. The summed E-state index contributed by atoms with van der Waals surface area (Å²) in [7, 11) is -10.3. The molecule has 11 N–H and O–H groups in total. The van der Waals surface area contributed by atoms with Gasteiger partial charge in [-0.2, -0.15) is 4.98 Å². The number of phosphoric ester groups is 2. The molecule has 332 valence electrons. The molecule has 0 saturated carbocycles. The van der Waals surface area contributed by atoms with Gasteiger partial charge in [0.1, 0.15) is 54.3 Å². The Kier molecular flexibility index (Phi) is 14.8. The zero-order valence-corrected chi connectivity index (χ0v) is 34.0. The van der Waals surface area contributed by atoms with Gasteiger partial charge >= 0.3 is 33.0 Å². The molecule has 28 nitrogen and oxygen atoms in total. The number of phosphoric acid groups is 2. The maximum absolute atomic E-state index is 13.4. The van der Waals surface area contributed by atoms with Gasteiger partial charge in [0.2, 0.25) is 0 Å². The van der Waals surface area contributed by atoms with E-state index in [4.69, 9.17) is 40.5 Å². The summed E-state index contributed by atoms with van der Waals surface area (Å²) in [5.74, 6) is -1.06. The van der Waals surface area contributed by atoms with Crippen LogP contribution >= 0.6 is 27.6 Å². The summed E-state index contributed by atoms with van der Waals surface area (Å²) in [4.78, 5) is 85.6. The molecule has 9 atom stereocenters. The molecule has 61 heavy (non-hydrogen) atoms. The minimum atomic E-state index is -5.19. The second kappa shape index (κ2) is 19.6. The molecule has 0 aromatic carbocycles. The van der Waals surface area contributed by atoms with E-state index in [2.05, 4.69) is 34.2 Å². The Balaban J connectivity index is 1.11. The van der Waals surface area contributed by atoms with Crippen LogP contribution in [0.3, 0.4) is 0 Å². The highest BCUT2D eigenvalue weighted by Crippen LogP contribution is 2.50. The van der Waals surface area contributed by atoms with Gasteiger partial charge in [-0.15, -0.1) is 0 Å². The van der Waals surface area contributed by atoms with Crippen molar-refractivity contribution >= 4 is 62.0 Å². The van der Waals surface area contributed by atoms with Crippen LogP contribution in [0, 0.1) is 10.1 Å². The number of carbonyl (C=O) groups is 1. The Morgan fingerprint density at radius 3 is 2.59 bits per heavy atom. The van der Waals surface area contributed by atoms with Gasteiger partial charge in [0, 0.05) is 31.4 Å². The number of nitro groups is 1. The monoisotopic (exact) mass is 918 g/mol. The highest BCUT2D eigenvalue weighted by atomic mass is 32.2. The number of nitrogens with one attached hydrogen (secondary N) is 1. The van der Waals surface area contributed by atoms with E-state index in [0.717, 1.165) is 22.8 Å². The number of aromatic nitrogens is 7. The van der Waals surface area contributed by atoms with E-state index in [-0.39, 0.29) is 46.4 Å². The average molecular weight is 919 g/mol. The first-order valence-electron chi connectivity index (χ1n) is 18.0. The van der Waals surface area contributed by atoms with E-state index in [1.807, 2.05) is 0 Å². The van der Waals surface area contributed by atoms with Crippen LogP contribution in [0.25, 0.3) is 11.2 Å². The molecule has 2 aliphatic rings. The molecule has 31 heteroatoms. The highest BCUT2D eigenvalue weighted by Gasteiger charge is 2.50. The minimum Gasteiger partial charge on any atom is -0.455 e. The molecule has 6 rings (SSSR count). The van der Waals surface area contributed by atoms with Crippen molar-refractivity contribution in [1.29, 1.82) is 0 Å². The smallest absolute Gasteiger partial charge is 0.455 e. The number of nitrogens with two attached hydrogens (primary N) is 3. The molecule has 8 unspecified atom stereocenters. The first kappa shape index (κ1) is 45.9. The summed E-state index contributed by atoms with van der Waals surface area (Å²) in [5, 5.41) is 22.9. The van der Waals surface area contributed by atoms with Gasteiger partial charge in [-0.25, -0.2) is 33.9 Å². The molecule has 0 aliphatic carbocycles. The Morgan fingerprint density at radius 1 is 1.08 bits per heavy atom. The highest BCUT2D eigenvalue weighted by molar-refractivity contribution is 7.97. The molecule has 0 radical (unpaired) electrons. The number of anilines is 2. The second-order valence-corrected chi connectivity index (χ2v) is 16.9. The number of hydrogen-bond donors (Lipinski definition) is 8. The predicted molar refractivity (Wildman–Crippen MR) is 206 cm³/mol. The van der Waals surface area contributed by atoms with Crippen molar-refractivity contribution in [3.63, 3.8) is 0 Å². The van der Waals surface area contributed by atoms with Crippen molar-refractivity contribution in [2.24, 2.45) is 5.73 Å². The zero-order valence-electron chi connectivity index (χ0n) is 31.4. The molecule has 0 spiro atoms. The van der Waals surface area contributed by atoms with Crippen molar-refractivity contribution < 1.29 is 66.4 Å². The van der Waals surface area contributed by atoms with Crippen molar-refractivity contribution in [3.8, 4) is 0 Å².